The van der Waals surface area contributed by atoms with E-state index in [1.54, 1.807) is 0 Å². The van der Waals surface area contributed by atoms with Crippen LogP contribution < -0.4 is 11.0 Å². The number of nitrogens with zero attached hydrogens (tertiary/aromatic N) is 2. The van der Waals surface area contributed by atoms with Gasteiger partial charge in [-0.1, -0.05) is 0 Å². The molecule has 1 aliphatic rings. The predicted molar refractivity (Wildman–Crippen MR) is 80.7 cm³/mol. The fraction of sp³-hybridized carbons (Fsp3) is 0.643. The number of aromatic amines is 2. The van der Waals surface area contributed by atoms with Crippen LogP contribution in [0.5, 0.6) is 0 Å². The molecule has 0 unspecified atom stereocenters. The molecule has 0 aromatic carbocycles. The first kappa shape index (κ1) is 16.4. The standard InChI is InChI=1S/C14H22N4O4/c19-9-1-4-17-5-7-18(8-6-17)13(21)3-2-11-10-12(20)14(22)16-15-11/h10,19H,1-9H2,(H,15,20)(H,16,22). The van der Waals surface area contributed by atoms with Crippen molar-refractivity contribution >= 4 is 5.91 Å². The van der Waals surface area contributed by atoms with Gasteiger partial charge in [-0.2, -0.15) is 0 Å². The van der Waals surface area contributed by atoms with Crippen molar-refractivity contribution in [1.82, 2.24) is 20.0 Å². The SMILES string of the molecule is O=C(CCc1cc(=O)c(=O)[nH][nH]1)N1CCN(CCCO)CC1. The van der Waals surface area contributed by atoms with Crippen LogP contribution in [-0.2, 0) is 11.2 Å². The van der Waals surface area contributed by atoms with E-state index in [0.717, 1.165) is 26.1 Å². The number of amides is 1. The quantitative estimate of drug-likeness (QED) is 0.555. The van der Waals surface area contributed by atoms with Crippen molar-refractivity contribution in [2.45, 2.75) is 19.3 Å². The molecule has 1 aromatic heterocycles. The lowest BCUT2D eigenvalue weighted by atomic mass is 10.2. The lowest BCUT2D eigenvalue weighted by Gasteiger charge is -2.34. The van der Waals surface area contributed by atoms with E-state index >= 15 is 0 Å². The molecule has 2 rings (SSSR count). The second kappa shape index (κ2) is 7.90. The van der Waals surface area contributed by atoms with E-state index in [2.05, 4.69) is 15.1 Å². The zero-order chi connectivity index (χ0) is 15.9. The van der Waals surface area contributed by atoms with E-state index in [4.69, 9.17) is 5.11 Å². The van der Waals surface area contributed by atoms with E-state index < -0.39 is 11.0 Å². The maximum absolute atomic E-state index is 12.1. The summed E-state index contributed by atoms with van der Waals surface area (Å²) in [4.78, 5) is 38.4. The van der Waals surface area contributed by atoms with Gasteiger partial charge in [0.1, 0.15) is 0 Å². The third-order valence-electron chi connectivity index (χ3n) is 3.83. The number of hydrogen-bond donors (Lipinski definition) is 3. The molecule has 2 heterocycles. The van der Waals surface area contributed by atoms with E-state index in [-0.39, 0.29) is 12.5 Å². The molecule has 1 amide bonds. The van der Waals surface area contributed by atoms with Gasteiger partial charge in [0.15, 0.2) is 0 Å². The van der Waals surface area contributed by atoms with Gasteiger partial charge in [-0.3, -0.25) is 24.4 Å². The summed E-state index contributed by atoms with van der Waals surface area (Å²) >= 11 is 0. The summed E-state index contributed by atoms with van der Waals surface area (Å²) in [6, 6.07) is 1.24. The summed E-state index contributed by atoms with van der Waals surface area (Å²) in [7, 11) is 0. The Morgan fingerprint density at radius 1 is 1.18 bits per heavy atom. The number of nitrogens with one attached hydrogen (secondary N) is 2. The normalized spacial score (nSPS) is 16.0. The van der Waals surface area contributed by atoms with Crippen LogP contribution in [0.4, 0.5) is 0 Å². The van der Waals surface area contributed by atoms with Crippen LogP contribution in [-0.4, -0.2) is 70.3 Å². The Morgan fingerprint density at radius 3 is 2.55 bits per heavy atom. The van der Waals surface area contributed by atoms with E-state index in [9.17, 15) is 14.4 Å². The molecule has 1 saturated heterocycles. The first-order valence-electron chi connectivity index (χ1n) is 7.52. The van der Waals surface area contributed by atoms with Crippen LogP contribution >= 0.6 is 0 Å². The van der Waals surface area contributed by atoms with Crippen LogP contribution in [0.2, 0.25) is 0 Å². The molecule has 122 valence electrons. The number of piperazine rings is 1. The molecule has 0 radical (unpaired) electrons. The molecule has 0 saturated carbocycles. The second-order valence-electron chi connectivity index (χ2n) is 5.41. The van der Waals surface area contributed by atoms with Crippen molar-refractivity contribution in [3.8, 4) is 0 Å². The van der Waals surface area contributed by atoms with Gasteiger partial charge in [0.2, 0.25) is 11.3 Å². The van der Waals surface area contributed by atoms with Crippen molar-refractivity contribution in [3.63, 3.8) is 0 Å². The van der Waals surface area contributed by atoms with Crippen LogP contribution in [0.15, 0.2) is 15.7 Å². The Morgan fingerprint density at radius 2 is 1.91 bits per heavy atom. The third-order valence-corrected chi connectivity index (χ3v) is 3.83. The Hall–Kier alpha value is -1.93. The van der Waals surface area contributed by atoms with Crippen molar-refractivity contribution in [1.29, 1.82) is 0 Å². The largest absolute Gasteiger partial charge is 0.396 e. The van der Waals surface area contributed by atoms with Crippen LogP contribution in [0.25, 0.3) is 0 Å². The molecule has 0 atom stereocenters. The Labute approximate surface area is 127 Å². The number of H-pyrrole nitrogens is 2. The molecule has 0 spiro atoms. The maximum Gasteiger partial charge on any atom is 0.310 e. The number of aliphatic hydroxyl groups excluding tert-OH is 1. The van der Waals surface area contributed by atoms with E-state index in [1.165, 1.54) is 6.07 Å². The Bertz CT molecular complexity index is 601. The highest BCUT2D eigenvalue weighted by Crippen LogP contribution is 2.06. The summed E-state index contributed by atoms with van der Waals surface area (Å²) in [6.07, 6.45) is 1.46. The van der Waals surface area contributed by atoms with Gasteiger partial charge >= 0.3 is 5.56 Å². The molecule has 1 aromatic rings. The highest BCUT2D eigenvalue weighted by Gasteiger charge is 2.20. The summed E-state index contributed by atoms with van der Waals surface area (Å²) in [5, 5.41) is 13.7. The lowest BCUT2D eigenvalue weighted by molar-refractivity contribution is -0.132. The molecule has 8 nitrogen and oxygen atoms in total. The average Bonchev–Trinajstić information content (AvgIpc) is 2.54. The number of carbonyl (C=O) groups excluding carboxylic acids is 1. The van der Waals surface area contributed by atoms with Gasteiger partial charge < -0.3 is 15.1 Å². The first-order chi connectivity index (χ1) is 10.6. The van der Waals surface area contributed by atoms with Crippen LogP contribution in [0.1, 0.15) is 18.5 Å². The van der Waals surface area contributed by atoms with Gasteiger partial charge in [0.05, 0.1) is 0 Å². The number of rotatable bonds is 6. The molecule has 0 aliphatic carbocycles. The highest BCUT2D eigenvalue weighted by atomic mass is 16.3. The molecular formula is C14H22N4O4. The zero-order valence-corrected chi connectivity index (χ0v) is 12.5. The molecule has 1 aliphatic heterocycles. The second-order valence-corrected chi connectivity index (χ2v) is 5.41. The van der Waals surface area contributed by atoms with Crippen LogP contribution in [0, 0.1) is 0 Å². The summed E-state index contributed by atoms with van der Waals surface area (Å²) < 4.78 is 0. The van der Waals surface area contributed by atoms with Gasteiger partial charge in [-0.25, -0.2) is 0 Å². The van der Waals surface area contributed by atoms with Crippen molar-refractivity contribution in [3.05, 3.63) is 32.3 Å². The van der Waals surface area contributed by atoms with Gasteiger partial charge in [-0.15, -0.1) is 0 Å². The lowest BCUT2D eigenvalue weighted by Crippen LogP contribution is -2.49. The maximum atomic E-state index is 12.1. The van der Waals surface area contributed by atoms with Crippen LogP contribution in [0.3, 0.4) is 0 Å². The topological polar surface area (TPSA) is 109 Å². The smallest absolute Gasteiger partial charge is 0.310 e. The number of aliphatic hydroxyl groups is 1. The van der Waals surface area contributed by atoms with Gasteiger partial charge in [0.25, 0.3) is 0 Å². The van der Waals surface area contributed by atoms with Crippen molar-refractivity contribution in [2.24, 2.45) is 0 Å². The van der Waals surface area contributed by atoms with E-state index in [1.807, 2.05) is 4.90 Å². The van der Waals surface area contributed by atoms with E-state index in [0.29, 0.717) is 31.6 Å². The molecule has 0 bridgehead atoms. The fourth-order valence-corrected chi connectivity index (χ4v) is 2.51. The molecule has 22 heavy (non-hydrogen) atoms. The zero-order valence-electron chi connectivity index (χ0n) is 12.5. The Kier molecular flexibility index (Phi) is 5.91. The molecule has 1 fully saturated rings. The summed E-state index contributed by atoms with van der Waals surface area (Å²) in [5.41, 5.74) is -0.729. The number of hydrogen-bond acceptors (Lipinski definition) is 5. The Balaban J connectivity index is 1.77. The first-order valence-corrected chi connectivity index (χ1v) is 7.52. The predicted octanol–water partition coefficient (Wildman–Crippen LogP) is -1.48. The molecule has 8 heteroatoms. The van der Waals surface area contributed by atoms with Gasteiger partial charge in [0, 0.05) is 57.5 Å². The highest BCUT2D eigenvalue weighted by molar-refractivity contribution is 5.76. The third kappa shape index (κ3) is 4.54. The van der Waals surface area contributed by atoms with Crippen molar-refractivity contribution in [2.75, 3.05) is 39.3 Å². The van der Waals surface area contributed by atoms with Crippen molar-refractivity contribution < 1.29 is 9.90 Å². The number of aromatic nitrogens is 2. The summed E-state index contributed by atoms with van der Waals surface area (Å²) in [6.45, 7) is 4.06. The average molecular weight is 310 g/mol. The molecular weight excluding hydrogens is 288 g/mol. The van der Waals surface area contributed by atoms with Gasteiger partial charge in [-0.05, 0) is 12.8 Å². The minimum atomic E-state index is -0.686. The minimum absolute atomic E-state index is 0.0499. The fourth-order valence-electron chi connectivity index (χ4n) is 2.51. The minimum Gasteiger partial charge on any atom is -0.396 e. The monoisotopic (exact) mass is 310 g/mol. The number of carbonyl (C=O) groups is 1. The summed E-state index contributed by atoms with van der Waals surface area (Å²) in [5.74, 6) is 0.0499. The molecule has 3 N–H and O–H groups in total. The number of aryl methyl sites for hydroxylation is 1.